The summed E-state index contributed by atoms with van der Waals surface area (Å²) in [6, 6.07) is 5.53. The number of esters is 1. The molecule has 1 heterocycles. The van der Waals surface area contributed by atoms with Crippen molar-refractivity contribution in [2.75, 3.05) is 5.73 Å². The van der Waals surface area contributed by atoms with Crippen molar-refractivity contribution in [1.29, 1.82) is 0 Å². The predicted octanol–water partition coefficient (Wildman–Crippen LogP) is 2.85. The molecule has 2 rings (SSSR count). The lowest BCUT2D eigenvalue weighted by atomic mass is 10.2. The van der Waals surface area contributed by atoms with Gasteiger partial charge in [0.2, 0.25) is 0 Å². The van der Waals surface area contributed by atoms with E-state index in [2.05, 4.69) is 0 Å². The highest BCUT2D eigenvalue weighted by Crippen LogP contribution is 2.31. The average molecular weight is 284 g/mol. The van der Waals surface area contributed by atoms with Crippen LogP contribution in [-0.2, 0) is 13.2 Å². The number of rotatable bonds is 2. The Kier molecular flexibility index (Phi) is 3.44. The van der Waals surface area contributed by atoms with Crippen molar-refractivity contribution in [3.05, 3.63) is 47.7 Å². The topological polar surface area (TPSA) is 57.2 Å². The highest BCUT2D eigenvalue weighted by molar-refractivity contribution is 5.95. The van der Waals surface area contributed by atoms with Gasteiger partial charge in [0, 0.05) is 13.2 Å². The van der Waals surface area contributed by atoms with Crippen LogP contribution in [-0.4, -0.2) is 10.5 Å². The number of anilines is 1. The van der Waals surface area contributed by atoms with Gasteiger partial charge >= 0.3 is 12.1 Å². The molecule has 0 saturated carbocycles. The largest absolute Gasteiger partial charge is 0.423 e. The zero-order valence-electron chi connectivity index (χ0n) is 10.4. The van der Waals surface area contributed by atoms with Crippen molar-refractivity contribution in [2.24, 2.45) is 7.05 Å². The number of aromatic nitrogens is 1. The zero-order valence-corrected chi connectivity index (χ0v) is 10.4. The fourth-order valence-electron chi connectivity index (χ4n) is 1.61. The van der Waals surface area contributed by atoms with Gasteiger partial charge in [0.1, 0.15) is 17.1 Å². The van der Waals surface area contributed by atoms with Crippen molar-refractivity contribution >= 4 is 11.8 Å². The minimum atomic E-state index is -4.49. The Bertz CT molecular complexity index is 647. The molecule has 0 bridgehead atoms. The fraction of sp³-hybridized carbons (Fsp3) is 0.154. The maximum absolute atomic E-state index is 12.5. The summed E-state index contributed by atoms with van der Waals surface area (Å²) in [5, 5.41) is 0. The molecule has 2 aromatic rings. The van der Waals surface area contributed by atoms with E-state index in [0.29, 0.717) is 0 Å². The SMILES string of the molecule is Cn1ccc(C(=O)Oc2cccc(C(F)(F)F)c2)c1N. The summed E-state index contributed by atoms with van der Waals surface area (Å²) in [6.07, 6.45) is -2.94. The van der Waals surface area contributed by atoms with Gasteiger partial charge in [0.25, 0.3) is 0 Å². The quantitative estimate of drug-likeness (QED) is 0.681. The van der Waals surface area contributed by atoms with Gasteiger partial charge in [0.05, 0.1) is 5.56 Å². The van der Waals surface area contributed by atoms with E-state index in [1.165, 1.54) is 22.8 Å². The predicted molar refractivity (Wildman–Crippen MR) is 66.2 cm³/mol. The summed E-state index contributed by atoms with van der Waals surface area (Å²) in [5.74, 6) is -0.808. The highest BCUT2D eigenvalue weighted by atomic mass is 19.4. The normalized spacial score (nSPS) is 11.4. The van der Waals surface area contributed by atoms with Gasteiger partial charge in [-0.1, -0.05) is 6.07 Å². The van der Waals surface area contributed by atoms with E-state index in [-0.39, 0.29) is 17.1 Å². The van der Waals surface area contributed by atoms with Crippen molar-refractivity contribution in [1.82, 2.24) is 4.57 Å². The number of alkyl halides is 3. The van der Waals surface area contributed by atoms with Crippen LogP contribution in [0.1, 0.15) is 15.9 Å². The minimum absolute atomic E-state index is 0.102. The summed E-state index contributed by atoms with van der Waals surface area (Å²) in [6.45, 7) is 0. The lowest BCUT2D eigenvalue weighted by Crippen LogP contribution is -2.12. The number of carbonyl (C=O) groups excluding carboxylic acids is 1. The molecule has 4 nitrogen and oxygen atoms in total. The smallest absolute Gasteiger partial charge is 0.416 e. The van der Waals surface area contributed by atoms with Crippen LogP contribution in [0.3, 0.4) is 0 Å². The molecule has 7 heteroatoms. The van der Waals surface area contributed by atoms with Crippen molar-refractivity contribution in [2.45, 2.75) is 6.18 Å². The lowest BCUT2D eigenvalue weighted by molar-refractivity contribution is -0.137. The molecule has 0 spiro atoms. The monoisotopic (exact) mass is 284 g/mol. The van der Waals surface area contributed by atoms with Gasteiger partial charge in [0.15, 0.2) is 0 Å². The second-order valence-corrected chi connectivity index (χ2v) is 4.14. The molecule has 0 unspecified atom stereocenters. The van der Waals surface area contributed by atoms with Crippen molar-refractivity contribution in [3.63, 3.8) is 0 Å². The second-order valence-electron chi connectivity index (χ2n) is 4.14. The van der Waals surface area contributed by atoms with Crippen molar-refractivity contribution < 1.29 is 22.7 Å². The number of nitrogens with two attached hydrogens (primary N) is 1. The van der Waals surface area contributed by atoms with Gasteiger partial charge in [-0.3, -0.25) is 0 Å². The Hall–Kier alpha value is -2.44. The van der Waals surface area contributed by atoms with Crippen LogP contribution < -0.4 is 10.5 Å². The van der Waals surface area contributed by atoms with Crippen LogP contribution in [0.25, 0.3) is 0 Å². The van der Waals surface area contributed by atoms with Crippen LogP contribution in [0.2, 0.25) is 0 Å². The van der Waals surface area contributed by atoms with Crippen LogP contribution in [0.5, 0.6) is 5.75 Å². The Morgan fingerprint density at radius 1 is 1.30 bits per heavy atom. The lowest BCUT2D eigenvalue weighted by Gasteiger charge is -2.09. The summed E-state index contributed by atoms with van der Waals surface area (Å²) < 4.78 is 44.0. The van der Waals surface area contributed by atoms with Gasteiger partial charge in [-0.2, -0.15) is 13.2 Å². The maximum atomic E-state index is 12.5. The molecular weight excluding hydrogens is 273 g/mol. The Balaban J connectivity index is 2.22. The molecule has 0 fully saturated rings. The van der Waals surface area contributed by atoms with Gasteiger partial charge in [-0.25, -0.2) is 4.79 Å². The number of carbonyl (C=O) groups is 1. The number of ether oxygens (including phenoxy) is 1. The molecule has 0 aliphatic rings. The van der Waals surface area contributed by atoms with Gasteiger partial charge in [-0.05, 0) is 24.3 Å². The van der Waals surface area contributed by atoms with Crippen LogP contribution in [0.4, 0.5) is 19.0 Å². The van der Waals surface area contributed by atoms with E-state index >= 15 is 0 Å². The standard InChI is InChI=1S/C13H11F3N2O2/c1-18-6-5-10(11(18)17)12(19)20-9-4-2-3-8(7-9)13(14,15)16/h2-7H,17H2,1H3. The summed E-state index contributed by atoms with van der Waals surface area (Å²) in [4.78, 5) is 11.8. The number of hydrogen-bond donors (Lipinski definition) is 1. The number of aryl methyl sites for hydroxylation is 1. The molecule has 20 heavy (non-hydrogen) atoms. The van der Waals surface area contributed by atoms with Gasteiger partial charge in [-0.15, -0.1) is 0 Å². The third-order valence-corrected chi connectivity index (χ3v) is 2.71. The van der Waals surface area contributed by atoms with Crippen LogP contribution in [0, 0.1) is 0 Å². The van der Waals surface area contributed by atoms with E-state index in [9.17, 15) is 18.0 Å². The summed E-state index contributed by atoms with van der Waals surface area (Å²) in [5.41, 5.74) is 4.85. The first-order chi connectivity index (χ1) is 9.29. The zero-order chi connectivity index (χ0) is 14.9. The number of hydrogen-bond acceptors (Lipinski definition) is 3. The molecule has 106 valence electrons. The Morgan fingerprint density at radius 3 is 2.55 bits per heavy atom. The number of halogens is 3. The van der Waals surface area contributed by atoms with E-state index in [4.69, 9.17) is 10.5 Å². The minimum Gasteiger partial charge on any atom is -0.423 e. The van der Waals surface area contributed by atoms with E-state index in [1.807, 2.05) is 0 Å². The molecule has 1 aromatic carbocycles. The summed E-state index contributed by atoms with van der Waals surface area (Å²) >= 11 is 0. The average Bonchev–Trinajstić information content (AvgIpc) is 2.69. The molecule has 0 amide bonds. The number of benzene rings is 1. The summed E-state index contributed by atoms with van der Waals surface area (Å²) in [7, 11) is 1.64. The second kappa shape index (κ2) is 4.92. The first-order valence-electron chi connectivity index (χ1n) is 5.59. The molecule has 0 saturated heterocycles. The van der Waals surface area contributed by atoms with Crippen LogP contribution in [0.15, 0.2) is 36.5 Å². The number of nitrogen functional groups attached to an aromatic ring is 1. The highest BCUT2D eigenvalue weighted by Gasteiger charge is 2.30. The Labute approximate surface area is 112 Å². The van der Waals surface area contributed by atoms with E-state index in [1.54, 1.807) is 13.2 Å². The maximum Gasteiger partial charge on any atom is 0.416 e. The van der Waals surface area contributed by atoms with E-state index < -0.39 is 17.7 Å². The van der Waals surface area contributed by atoms with Gasteiger partial charge < -0.3 is 15.0 Å². The third-order valence-electron chi connectivity index (χ3n) is 2.71. The molecule has 2 N–H and O–H groups in total. The van der Waals surface area contributed by atoms with E-state index in [0.717, 1.165) is 12.1 Å². The number of nitrogens with zero attached hydrogens (tertiary/aromatic N) is 1. The molecule has 0 radical (unpaired) electrons. The third kappa shape index (κ3) is 2.76. The fourth-order valence-corrected chi connectivity index (χ4v) is 1.61. The Morgan fingerprint density at radius 2 is 2.00 bits per heavy atom. The first-order valence-corrected chi connectivity index (χ1v) is 5.59. The molecule has 0 aliphatic carbocycles. The first kappa shape index (κ1) is 14.0. The van der Waals surface area contributed by atoms with Crippen LogP contribution >= 0.6 is 0 Å². The molecule has 1 aromatic heterocycles. The molecular formula is C13H11F3N2O2. The molecule has 0 aliphatic heterocycles. The molecule has 0 atom stereocenters. The van der Waals surface area contributed by atoms with Crippen molar-refractivity contribution in [3.8, 4) is 5.75 Å².